The molecule has 2 aliphatic rings. The van der Waals surface area contributed by atoms with Crippen LogP contribution in [0.5, 0.6) is 5.75 Å². The summed E-state index contributed by atoms with van der Waals surface area (Å²) in [4.78, 5) is 35.6. The van der Waals surface area contributed by atoms with E-state index in [0.29, 0.717) is 47.3 Å². The predicted molar refractivity (Wildman–Crippen MR) is 121 cm³/mol. The molecule has 1 saturated heterocycles. The van der Waals surface area contributed by atoms with Crippen molar-refractivity contribution in [3.63, 3.8) is 0 Å². The summed E-state index contributed by atoms with van der Waals surface area (Å²) in [7, 11) is 1.59. The van der Waals surface area contributed by atoms with Gasteiger partial charge in [0.2, 0.25) is 0 Å². The number of amides is 1. The normalized spacial score (nSPS) is 19.9. The average molecular weight is 436 g/mol. The van der Waals surface area contributed by atoms with E-state index in [-0.39, 0.29) is 17.4 Å². The largest absolute Gasteiger partial charge is 0.497 e. The summed E-state index contributed by atoms with van der Waals surface area (Å²) >= 11 is 0. The highest BCUT2D eigenvalue weighted by Gasteiger charge is 2.28. The molecule has 1 amide bonds. The minimum atomic E-state index is -0.150. The molecule has 3 aromatic rings. The maximum atomic E-state index is 13.1. The molecule has 1 N–H and O–H groups in total. The molecule has 1 saturated carbocycles. The Hall–Kier alpha value is -3.16. The van der Waals surface area contributed by atoms with Crippen molar-refractivity contribution in [2.45, 2.75) is 56.9 Å². The van der Waals surface area contributed by atoms with Crippen molar-refractivity contribution in [1.82, 2.24) is 24.6 Å². The minimum Gasteiger partial charge on any atom is -0.497 e. The first-order chi connectivity index (χ1) is 15.6. The van der Waals surface area contributed by atoms with Gasteiger partial charge in [0.1, 0.15) is 17.0 Å². The van der Waals surface area contributed by atoms with Crippen molar-refractivity contribution < 1.29 is 9.53 Å². The van der Waals surface area contributed by atoms with Gasteiger partial charge < -0.3 is 14.6 Å². The van der Waals surface area contributed by atoms with Crippen molar-refractivity contribution in [2.75, 3.05) is 20.2 Å². The number of benzene rings is 1. The maximum absolute atomic E-state index is 13.1. The summed E-state index contributed by atoms with van der Waals surface area (Å²) in [6, 6.07) is 7.53. The Kier molecular flexibility index (Phi) is 5.68. The van der Waals surface area contributed by atoms with Gasteiger partial charge in [-0.05, 0) is 43.9 Å². The van der Waals surface area contributed by atoms with Crippen molar-refractivity contribution in [3.8, 4) is 5.75 Å². The molecule has 168 valence electrons. The van der Waals surface area contributed by atoms with Crippen LogP contribution in [0.3, 0.4) is 0 Å². The Labute approximate surface area is 186 Å². The Morgan fingerprint density at radius 1 is 1.16 bits per heavy atom. The second-order valence-electron chi connectivity index (χ2n) is 8.89. The predicted octanol–water partition coefficient (Wildman–Crippen LogP) is 3.65. The number of hydrogen-bond acceptors (Lipinski definition) is 5. The number of hydrogen-bond donors (Lipinski definition) is 1. The number of aromatic amines is 1. The number of fused-ring (bicyclic) bond motifs is 1. The summed E-state index contributed by atoms with van der Waals surface area (Å²) in [6.07, 6.45) is 9.17. The first-order valence-electron chi connectivity index (χ1n) is 11.5. The van der Waals surface area contributed by atoms with Crippen molar-refractivity contribution >= 4 is 16.9 Å². The SMILES string of the molecule is COc1cccc(C(=O)N2CCCC(c3nc4c(cnn4C4CCCCC4)c(=O)[nH]3)C2)c1. The molecule has 32 heavy (non-hydrogen) atoms. The van der Waals surface area contributed by atoms with Gasteiger partial charge in [0.25, 0.3) is 11.5 Å². The first-order valence-corrected chi connectivity index (χ1v) is 11.5. The Bertz CT molecular complexity index is 1180. The maximum Gasteiger partial charge on any atom is 0.262 e. The van der Waals surface area contributed by atoms with Crippen molar-refractivity contribution in [1.29, 1.82) is 0 Å². The number of aromatic nitrogens is 4. The van der Waals surface area contributed by atoms with Gasteiger partial charge in [-0.1, -0.05) is 25.3 Å². The van der Waals surface area contributed by atoms with E-state index in [9.17, 15) is 9.59 Å². The van der Waals surface area contributed by atoms with Gasteiger partial charge in [-0.25, -0.2) is 9.67 Å². The summed E-state index contributed by atoms with van der Waals surface area (Å²) < 4.78 is 7.22. The highest BCUT2D eigenvalue weighted by molar-refractivity contribution is 5.94. The summed E-state index contributed by atoms with van der Waals surface area (Å²) in [5, 5.41) is 5.06. The van der Waals surface area contributed by atoms with Crippen LogP contribution in [0.15, 0.2) is 35.3 Å². The fraction of sp³-hybridized carbons (Fsp3) is 0.500. The van der Waals surface area contributed by atoms with Crippen LogP contribution in [0.1, 0.15) is 73.1 Å². The standard InChI is InChI=1S/C24H29N5O3/c1-32-19-11-5-7-16(13-19)24(31)28-12-6-8-17(15-28)21-26-22-20(23(30)27-21)14-25-29(22)18-9-3-2-4-10-18/h5,7,11,13-14,17-18H,2-4,6,8-10,12,15H2,1H3,(H,26,27,30). The molecule has 5 rings (SSSR count). The van der Waals surface area contributed by atoms with E-state index in [4.69, 9.17) is 9.72 Å². The highest BCUT2D eigenvalue weighted by Crippen LogP contribution is 2.30. The number of piperidine rings is 1. The van der Waals surface area contributed by atoms with E-state index in [1.165, 1.54) is 19.3 Å². The van der Waals surface area contributed by atoms with Crippen LogP contribution in [-0.2, 0) is 0 Å². The lowest BCUT2D eigenvalue weighted by Gasteiger charge is -2.32. The van der Waals surface area contributed by atoms with E-state index >= 15 is 0 Å². The lowest BCUT2D eigenvalue weighted by atomic mass is 9.95. The molecule has 0 spiro atoms. The average Bonchev–Trinajstić information content (AvgIpc) is 3.29. The van der Waals surface area contributed by atoms with Gasteiger partial charge in [0.15, 0.2) is 5.65 Å². The van der Waals surface area contributed by atoms with Crippen LogP contribution in [0.4, 0.5) is 0 Å². The highest BCUT2D eigenvalue weighted by atomic mass is 16.5. The first kappa shape index (κ1) is 20.7. The van der Waals surface area contributed by atoms with Crippen LogP contribution < -0.4 is 10.3 Å². The van der Waals surface area contributed by atoms with E-state index < -0.39 is 0 Å². The monoisotopic (exact) mass is 435 g/mol. The van der Waals surface area contributed by atoms with Gasteiger partial charge in [-0.2, -0.15) is 5.10 Å². The number of ether oxygens (including phenoxy) is 1. The van der Waals surface area contributed by atoms with Gasteiger partial charge in [-0.15, -0.1) is 0 Å². The Balaban J connectivity index is 1.42. The van der Waals surface area contributed by atoms with Gasteiger partial charge in [-0.3, -0.25) is 9.59 Å². The number of H-pyrrole nitrogens is 1. The Morgan fingerprint density at radius 2 is 2.00 bits per heavy atom. The molecule has 1 aromatic carbocycles. The zero-order valence-corrected chi connectivity index (χ0v) is 18.4. The molecule has 0 radical (unpaired) electrons. The fourth-order valence-corrected chi connectivity index (χ4v) is 5.06. The summed E-state index contributed by atoms with van der Waals surface area (Å²) in [6.45, 7) is 1.22. The zero-order valence-electron chi connectivity index (χ0n) is 18.4. The zero-order chi connectivity index (χ0) is 22.1. The molecule has 8 nitrogen and oxygen atoms in total. The number of nitrogens with one attached hydrogen (secondary N) is 1. The van der Waals surface area contributed by atoms with Crippen LogP contribution >= 0.6 is 0 Å². The molecule has 3 heterocycles. The number of carbonyl (C=O) groups excluding carboxylic acids is 1. The second-order valence-corrected chi connectivity index (χ2v) is 8.89. The number of likely N-dealkylation sites (tertiary alicyclic amines) is 1. The molecular formula is C24H29N5O3. The van der Waals surface area contributed by atoms with E-state index in [1.54, 1.807) is 19.4 Å². The molecule has 1 aliphatic carbocycles. The lowest BCUT2D eigenvalue weighted by molar-refractivity contribution is 0.0704. The van der Waals surface area contributed by atoms with Crippen LogP contribution in [0.25, 0.3) is 11.0 Å². The fourth-order valence-electron chi connectivity index (χ4n) is 5.06. The third kappa shape index (κ3) is 3.89. The van der Waals surface area contributed by atoms with E-state index in [1.807, 2.05) is 27.8 Å². The molecule has 2 fully saturated rings. The Morgan fingerprint density at radius 3 is 2.81 bits per heavy atom. The number of methoxy groups -OCH3 is 1. The lowest BCUT2D eigenvalue weighted by Crippen LogP contribution is -2.40. The van der Waals surface area contributed by atoms with Crippen molar-refractivity contribution in [3.05, 3.63) is 52.2 Å². The minimum absolute atomic E-state index is 0.00915. The quantitative estimate of drug-likeness (QED) is 0.675. The molecular weight excluding hydrogens is 406 g/mol. The summed E-state index contributed by atoms with van der Waals surface area (Å²) in [5.41, 5.74) is 1.13. The molecule has 1 unspecified atom stereocenters. The number of carbonyl (C=O) groups is 1. The third-order valence-electron chi connectivity index (χ3n) is 6.81. The van der Waals surface area contributed by atoms with E-state index in [2.05, 4.69) is 10.1 Å². The van der Waals surface area contributed by atoms with Gasteiger partial charge >= 0.3 is 0 Å². The summed E-state index contributed by atoms with van der Waals surface area (Å²) in [5.74, 6) is 1.29. The number of rotatable bonds is 4. The third-order valence-corrected chi connectivity index (χ3v) is 6.81. The van der Waals surface area contributed by atoms with Crippen LogP contribution in [0.2, 0.25) is 0 Å². The second kappa shape index (κ2) is 8.76. The smallest absolute Gasteiger partial charge is 0.262 e. The van der Waals surface area contributed by atoms with Crippen molar-refractivity contribution in [2.24, 2.45) is 0 Å². The van der Waals surface area contributed by atoms with Gasteiger partial charge in [0, 0.05) is 24.6 Å². The molecule has 2 aromatic heterocycles. The molecule has 0 bridgehead atoms. The number of nitrogens with zero attached hydrogens (tertiary/aromatic N) is 4. The molecule has 8 heteroatoms. The van der Waals surface area contributed by atoms with Crippen LogP contribution in [-0.4, -0.2) is 50.8 Å². The van der Waals surface area contributed by atoms with Crippen LogP contribution in [0, 0.1) is 0 Å². The molecule has 1 aliphatic heterocycles. The van der Waals surface area contributed by atoms with E-state index in [0.717, 1.165) is 25.7 Å². The molecule has 1 atom stereocenters. The topological polar surface area (TPSA) is 93.1 Å². The van der Waals surface area contributed by atoms with Gasteiger partial charge in [0.05, 0.1) is 19.3 Å².